The van der Waals surface area contributed by atoms with Crippen LogP contribution < -0.4 is 5.32 Å². The van der Waals surface area contributed by atoms with E-state index in [0.717, 1.165) is 58.4 Å². The number of hydrogen-bond acceptors (Lipinski definition) is 4. The molecule has 2 fully saturated rings. The lowest BCUT2D eigenvalue weighted by molar-refractivity contribution is 0.140. The van der Waals surface area contributed by atoms with E-state index in [-0.39, 0.29) is 0 Å². The Morgan fingerprint density at radius 2 is 1.93 bits per heavy atom. The van der Waals surface area contributed by atoms with Crippen molar-refractivity contribution in [3.8, 4) is 0 Å². The van der Waals surface area contributed by atoms with Crippen molar-refractivity contribution in [2.24, 2.45) is 4.99 Å². The summed E-state index contributed by atoms with van der Waals surface area (Å²) in [4.78, 5) is 12.0. The lowest BCUT2D eigenvalue weighted by Crippen LogP contribution is -2.53. The van der Waals surface area contributed by atoms with Crippen LogP contribution in [0.1, 0.15) is 18.4 Å². The molecule has 0 radical (unpaired) electrons. The molecule has 1 aromatic carbocycles. The molecule has 1 aromatic rings. The van der Waals surface area contributed by atoms with Crippen molar-refractivity contribution in [1.29, 1.82) is 0 Å². The van der Waals surface area contributed by atoms with Gasteiger partial charge in [0.1, 0.15) is 0 Å². The summed E-state index contributed by atoms with van der Waals surface area (Å²) in [6.45, 7) is 9.27. The number of aliphatic imine (C=N–C) groups is 1. The first-order valence-corrected chi connectivity index (χ1v) is 10.2. The van der Waals surface area contributed by atoms with Gasteiger partial charge in [0, 0.05) is 66.0 Å². The van der Waals surface area contributed by atoms with Gasteiger partial charge < -0.3 is 15.0 Å². The molecule has 0 spiro atoms. The zero-order valence-corrected chi connectivity index (χ0v) is 16.9. The van der Waals surface area contributed by atoms with Gasteiger partial charge in [-0.3, -0.25) is 14.8 Å². The number of hydrogen-bond donors (Lipinski definition) is 1. The Hall–Kier alpha value is -1.63. The molecule has 3 rings (SSSR count). The molecule has 6 nitrogen and oxygen atoms in total. The monoisotopic (exact) mass is 373 g/mol. The zero-order chi connectivity index (χ0) is 18.9. The molecule has 0 bridgehead atoms. The van der Waals surface area contributed by atoms with Crippen molar-refractivity contribution in [2.75, 3.05) is 66.6 Å². The van der Waals surface area contributed by atoms with Gasteiger partial charge in [0.05, 0.1) is 6.61 Å². The zero-order valence-electron chi connectivity index (χ0n) is 16.9. The molecule has 2 aliphatic rings. The SMILES string of the molecule is CN=C(NCC1CCCN1CCOC)N1CCN(Cc2ccccc2)CC1. The maximum atomic E-state index is 5.25. The molecule has 1 N–H and O–H groups in total. The maximum absolute atomic E-state index is 5.25. The first-order valence-electron chi connectivity index (χ1n) is 10.2. The fourth-order valence-electron chi connectivity index (χ4n) is 4.13. The first-order chi connectivity index (χ1) is 13.3. The Morgan fingerprint density at radius 1 is 1.15 bits per heavy atom. The van der Waals surface area contributed by atoms with Gasteiger partial charge in [-0.15, -0.1) is 0 Å². The van der Waals surface area contributed by atoms with Crippen LogP contribution in [0.4, 0.5) is 0 Å². The highest BCUT2D eigenvalue weighted by molar-refractivity contribution is 5.80. The van der Waals surface area contributed by atoms with E-state index in [1.807, 2.05) is 7.05 Å². The van der Waals surface area contributed by atoms with Crippen molar-refractivity contribution in [3.05, 3.63) is 35.9 Å². The third-order valence-corrected chi connectivity index (χ3v) is 5.71. The second-order valence-electron chi connectivity index (χ2n) is 7.50. The van der Waals surface area contributed by atoms with Gasteiger partial charge in [-0.1, -0.05) is 30.3 Å². The molecule has 2 heterocycles. The molecular formula is C21H35N5O. The van der Waals surface area contributed by atoms with E-state index < -0.39 is 0 Å². The summed E-state index contributed by atoms with van der Waals surface area (Å²) in [5.74, 6) is 1.05. The van der Waals surface area contributed by atoms with Crippen LogP contribution in [0.3, 0.4) is 0 Å². The van der Waals surface area contributed by atoms with Crippen LogP contribution in [0.15, 0.2) is 35.3 Å². The fourth-order valence-corrected chi connectivity index (χ4v) is 4.13. The number of likely N-dealkylation sites (tertiary alicyclic amines) is 1. The van der Waals surface area contributed by atoms with Crippen LogP contribution in [0.5, 0.6) is 0 Å². The van der Waals surface area contributed by atoms with Crippen molar-refractivity contribution in [2.45, 2.75) is 25.4 Å². The predicted molar refractivity (Wildman–Crippen MR) is 111 cm³/mol. The number of ether oxygens (including phenoxy) is 1. The first kappa shape index (κ1) is 20.1. The second-order valence-corrected chi connectivity index (χ2v) is 7.50. The van der Waals surface area contributed by atoms with Crippen molar-refractivity contribution in [1.82, 2.24) is 20.0 Å². The van der Waals surface area contributed by atoms with Crippen LogP contribution >= 0.6 is 0 Å². The van der Waals surface area contributed by atoms with E-state index in [9.17, 15) is 0 Å². The Labute approximate surface area is 164 Å². The van der Waals surface area contributed by atoms with Crippen LogP contribution in [0.25, 0.3) is 0 Å². The standard InChI is InChI=1S/C21H35N5O/c1-22-21(23-17-20-9-6-10-25(20)15-16-27-2)26-13-11-24(12-14-26)18-19-7-4-3-5-8-19/h3-5,7-8,20H,6,9-18H2,1-2H3,(H,22,23). The number of guanidine groups is 1. The third kappa shape index (κ3) is 5.92. The summed E-state index contributed by atoms with van der Waals surface area (Å²) in [5.41, 5.74) is 1.39. The molecule has 2 aliphatic heterocycles. The number of nitrogens with zero attached hydrogens (tertiary/aromatic N) is 4. The molecule has 27 heavy (non-hydrogen) atoms. The number of rotatable bonds is 7. The quantitative estimate of drug-likeness (QED) is 0.579. The van der Waals surface area contributed by atoms with Crippen molar-refractivity contribution >= 4 is 5.96 Å². The Bertz CT molecular complexity index is 571. The topological polar surface area (TPSA) is 43.3 Å². The van der Waals surface area contributed by atoms with Crippen LogP contribution in [-0.2, 0) is 11.3 Å². The molecule has 0 saturated carbocycles. The van der Waals surface area contributed by atoms with E-state index in [0.29, 0.717) is 6.04 Å². The minimum atomic E-state index is 0.594. The highest BCUT2D eigenvalue weighted by Gasteiger charge is 2.25. The lowest BCUT2D eigenvalue weighted by Gasteiger charge is -2.37. The van der Waals surface area contributed by atoms with Gasteiger partial charge in [0.25, 0.3) is 0 Å². The Balaban J connectivity index is 1.42. The summed E-state index contributed by atoms with van der Waals surface area (Å²) in [6.07, 6.45) is 2.55. The van der Waals surface area contributed by atoms with E-state index in [4.69, 9.17) is 4.74 Å². The molecule has 2 saturated heterocycles. The average Bonchev–Trinajstić information content (AvgIpc) is 3.16. The van der Waals surface area contributed by atoms with E-state index in [1.54, 1.807) is 7.11 Å². The summed E-state index contributed by atoms with van der Waals surface area (Å²) in [7, 11) is 3.68. The highest BCUT2D eigenvalue weighted by atomic mass is 16.5. The summed E-state index contributed by atoms with van der Waals surface area (Å²) in [5, 5.41) is 3.63. The molecule has 6 heteroatoms. The summed E-state index contributed by atoms with van der Waals surface area (Å²) in [6, 6.07) is 11.3. The summed E-state index contributed by atoms with van der Waals surface area (Å²) >= 11 is 0. The molecule has 150 valence electrons. The van der Waals surface area contributed by atoms with Gasteiger partial charge in [-0.05, 0) is 24.9 Å². The highest BCUT2D eigenvalue weighted by Crippen LogP contribution is 2.16. The van der Waals surface area contributed by atoms with Gasteiger partial charge >= 0.3 is 0 Å². The van der Waals surface area contributed by atoms with E-state index >= 15 is 0 Å². The van der Waals surface area contributed by atoms with E-state index in [2.05, 4.69) is 55.3 Å². The minimum Gasteiger partial charge on any atom is -0.383 e. The average molecular weight is 374 g/mol. The molecule has 0 amide bonds. The van der Waals surface area contributed by atoms with Crippen LogP contribution in [0.2, 0.25) is 0 Å². The van der Waals surface area contributed by atoms with Gasteiger partial charge in [0.15, 0.2) is 5.96 Å². The number of methoxy groups -OCH3 is 1. The van der Waals surface area contributed by atoms with Gasteiger partial charge in [0.2, 0.25) is 0 Å². The van der Waals surface area contributed by atoms with Gasteiger partial charge in [-0.2, -0.15) is 0 Å². The fraction of sp³-hybridized carbons (Fsp3) is 0.667. The molecule has 0 aromatic heterocycles. The largest absolute Gasteiger partial charge is 0.383 e. The third-order valence-electron chi connectivity index (χ3n) is 5.71. The number of nitrogens with one attached hydrogen (secondary N) is 1. The van der Waals surface area contributed by atoms with E-state index in [1.165, 1.54) is 24.9 Å². The second kappa shape index (κ2) is 10.6. The van der Waals surface area contributed by atoms with Crippen LogP contribution in [-0.4, -0.2) is 93.3 Å². The Morgan fingerprint density at radius 3 is 2.63 bits per heavy atom. The molecule has 1 atom stereocenters. The predicted octanol–water partition coefficient (Wildman–Crippen LogP) is 1.49. The molecular weight excluding hydrogens is 338 g/mol. The minimum absolute atomic E-state index is 0.594. The van der Waals surface area contributed by atoms with Gasteiger partial charge in [-0.25, -0.2) is 0 Å². The van der Waals surface area contributed by atoms with Crippen LogP contribution in [0, 0.1) is 0 Å². The normalized spacial score (nSPS) is 22.4. The molecule has 0 aliphatic carbocycles. The molecule has 1 unspecified atom stereocenters. The smallest absolute Gasteiger partial charge is 0.193 e. The number of piperazine rings is 1. The number of benzene rings is 1. The van der Waals surface area contributed by atoms with Crippen molar-refractivity contribution < 1.29 is 4.74 Å². The lowest BCUT2D eigenvalue weighted by atomic mass is 10.2. The summed E-state index contributed by atoms with van der Waals surface area (Å²) < 4.78 is 5.25. The van der Waals surface area contributed by atoms with Crippen molar-refractivity contribution in [3.63, 3.8) is 0 Å². The maximum Gasteiger partial charge on any atom is 0.193 e. The Kier molecular flexibility index (Phi) is 7.93.